The molecule has 2 aromatic carbocycles. The van der Waals surface area contributed by atoms with Crippen molar-refractivity contribution in [3.63, 3.8) is 0 Å². The van der Waals surface area contributed by atoms with Crippen molar-refractivity contribution in [1.82, 2.24) is 0 Å². The van der Waals surface area contributed by atoms with Gasteiger partial charge in [0.15, 0.2) is 0 Å². The van der Waals surface area contributed by atoms with E-state index in [1.807, 2.05) is 26.0 Å². The van der Waals surface area contributed by atoms with Crippen molar-refractivity contribution in [3.8, 4) is 0 Å². The molecule has 0 radical (unpaired) electrons. The van der Waals surface area contributed by atoms with Crippen LogP contribution in [-0.2, 0) is 0 Å². The van der Waals surface area contributed by atoms with Crippen LogP contribution in [0.5, 0.6) is 0 Å². The van der Waals surface area contributed by atoms with Crippen LogP contribution in [0.2, 0.25) is 0 Å². The van der Waals surface area contributed by atoms with Gasteiger partial charge in [0.05, 0.1) is 0 Å². The molecule has 0 unspecified atom stereocenters. The van der Waals surface area contributed by atoms with Crippen LogP contribution >= 0.6 is 0 Å². The lowest BCUT2D eigenvalue weighted by Gasteiger charge is -2.04. The molecule has 0 aromatic heterocycles. The topological polar surface area (TPSA) is 0 Å². The van der Waals surface area contributed by atoms with Crippen molar-refractivity contribution in [2.75, 3.05) is 0 Å². The van der Waals surface area contributed by atoms with E-state index < -0.39 is 0 Å². The summed E-state index contributed by atoms with van der Waals surface area (Å²) in [4.78, 5) is 0. The highest BCUT2D eigenvalue weighted by molar-refractivity contribution is 5.24. The molecule has 0 aliphatic rings. The van der Waals surface area contributed by atoms with Crippen molar-refractivity contribution in [2.45, 2.75) is 53.9 Å². The predicted octanol–water partition coefficient (Wildman–Crippen LogP) is 6.70. The lowest BCUT2D eigenvalue weighted by Crippen LogP contribution is -1.90. The molecule has 0 aliphatic carbocycles. The summed E-state index contributed by atoms with van der Waals surface area (Å²) in [5, 5.41) is 0. The van der Waals surface area contributed by atoms with Gasteiger partial charge >= 0.3 is 0 Å². The Hall–Kier alpha value is -1.63. The fourth-order valence-corrected chi connectivity index (χ4v) is 1.97. The van der Waals surface area contributed by atoms with Gasteiger partial charge in [-0.25, -0.2) is 4.39 Å². The molecule has 0 fully saturated rings. The molecule has 0 saturated carbocycles. The summed E-state index contributed by atoms with van der Waals surface area (Å²) < 4.78 is 12.8. The second-order valence-electron chi connectivity index (χ2n) is 5.75. The van der Waals surface area contributed by atoms with Gasteiger partial charge in [0.2, 0.25) is 0 Å². The number of rotatable bonds is 2. The van der Waals surface area contributed by atoms with Gasteiger partial charge in [-0.1, -0.05) is 83.1 Å². The van der Waals surface area contributed by atoms with E-state index in [9.17, 15) is 4.39 Å². The first-order valence-electron chi connectivity index (χ1n) is 7.22. The minimum Gasteiger partial charge on any atom is -0.207 e. The zero-order valence-electron chi connectivity index (χ0n) is 13.2. The summed E-state index contributed by atoms with van der Waals surface area (Å²) >= 11 is 0. The summed E-state index contributed by atoms with van der Waals surface area (Å²) in [5.74, 6) is 0.832. The third-order valence-electron chi connectivity index (χ3n) is 3.24. The van der Waals surface area contributed by atoms with Gasteiger partial charge < -0.3 is 0 Å². The molecule has 0 aliphatic heterocycles. The fraction of sp³-hybridized carbons (Fsp3) is 0.400. The van der Waals surface area contributed by atoms with Crippen LogP contribution in [0.25, 0.3) is 0 Å². The monoisotopic (exact) mass is 288 g/mol. The normalized spacial score (nSPS) is 9.90. The van der Waals surface area contributed by atoms with Crippen LogP contribution in [-0.4, -0.2) is 0 Å². The Labute approximate surface area is 130 Å². The van der Waals surface area contributed by atoms with Gasteiger partial charge in [-0.05, 0) is 36.0 Å². The maximum absolute atomic E-state index is 12.8. The van der Waals surface area contributed by atoms with Crippen LogP contribution in [0, 0.1) is 12.7 Å². The summed E-state index contributed by atoms with van der Waals surface area (Å²) in [6, 6.07) is 15.5. The highest BCUT2D eigenvalue weighted by atomic mass is 19.1. The quantitative estimate of drug-likeness (QED) is 0.576. The molecular formula is C20H29F. The molecule has 21 heavy (non-hydrogen) atoms. The molecule has 0 bridgehead atoms. The Kier molecular flexibility index (Phi) is 8.61. The summed E-state index contributed by atoms with van der Waals surface area (Å²) in [6.45, 7) is 10.5. The van der Waals surface area contributed by atoms with Gasteiger partial charge in [-0.3, -0.25) is 0 Å². The van der Waals surface area contributed by atoms with Crippen LogP contribution < -0.4 is 0 Å². The largest absolute Gasteiger partial charge is 0.207 e. The summed E-state index contributed by atoms with van der Waals surface area (Å²) in [7, 11) is 0. The van der Waals surface area contributed by atoms with Crippen molar-refractivity contribution >= 4 is 0 Å². The Morgan fingerprint density at radius 2 is 1.43 bits per heavy atom. The van der Waals surface area contributed by atoms with Crippen molar-refractivity contribution in [2.24, 2.45) is 0 Å². The Morgan fingerprint density at radius 3 is 1.81 bits per heavy atom. The molecule has 1 heteroatoms. The maximum Gasteiger partial charge on any atom is 0.126 e. The van der Waals surface area contributed by atoms with E-state index in [0.717, 1.165) is 5.56 Å². The van der Waals surface area contributed by atoms with Crippen molar-refractivity contribution in [1.29, 1.82) is 0 Å². The van der Waals surface area contributed by atoms with Gasteiger partial charge in [0.25, 0.3) is 0 Å². The zero-order valence-corrected chi connectivity index (χ0v) is 13.2. The van der Waals surface area contributed by atoms with Gasteiger partial charge in [-0.2, -0.15) is 0 Å². The summed E-state index contributed by atoms with van der Waals surface area (Å²) in [6.07, 6.45) is 0. The van der Waals surface area contributed by atoms with Gasteiger partial charge in [-0.15, -0.1) is 0 Å². The number of halogens is 1. The number of aryl methyl sites for hydroxylation is 1. The third kappa shape index (κ3) is 6.57. The molecule has 0 spiro atoms. The highest BCUT2D eigenvalue weighted by Crippen LogP contribution is 2.16. The van der Waals surface area contributed by atoms with E-state index in [0.29, 0.717) is 5.92 Å². The molecule has 0 saturated heterocycles. The molecule has 0 amide bonds. The average molecular weight is 288 g/mol. The van der Waals surface area contributed by atoms with Crippen molar-refractivity contribution < 1.29 is 4.39 Å². The fourth-order valence-electron chi connectivity index (χ4n) is 1.97. The smallest absolute Gasteiger partial charge is 0.126 e. The molecule has 0 N–H and O–H groups in total. The van der Waals surface area contributed by atoms with Crippen LogP contribution in [0.15, 0.2) is 48.5 Å². The Morgan fingerprint density at radius 1 is 0.810 bits per heavy atom. The minimum atomic E-state index is -0.0995. The van der Waals surface area contributed by atoms with Crippen LogP contribution in [0.3, 0.4) is 0 Å². The molecule has 2 rings (SSSR count). The molecule has 0 atom stereocenters. The van der Waals surface area contributed by atoms with E-state index >= 15 is 0 Å². The first-order chi connectivity index (χ1) is 9.41. The SMILES string of the molecule is C.CC(C)c1ccccc1F.Cc1cccc(C(C)C)c1. The predicted molar refractivity (Wildman–Crippen MR) is 92.5 cm³/mol. The number of benzene rings is 2. The number of hydrogen-bond acceptors (Lipinski definition) is 0. The van der Waals surface area contributed by atoms with E-state index in [4.69, 9.17) is 0 Å². The second kappa shape index (κ2) is 9.33. The Balaban J connectivity index is 0.000000364. The first kappa shape index (κ1) is 19.4. The van der Waals surface area contributed by atoms with Gasteiger partial charge in [0, 0.05) is 0 Å². The standard InChI is InChI=1S/C10H14.C9H11F.CH4/c1-8(2)10-6-4-5-9(3)7-10;1-7(2)8-5-3-4-6-9(8)10;/h4-8H,1-3H3;3-7H,1-2H3;1H4. The maximum atomic E-state index is 12.8. The average Bonchev–Trinajstić information content (AvgIpc) is 2.39. The molecule has 0 nitrogen and oxygen atoms in total. The van der Waals surface area contributed by atoms with Crippen molar-refractivity contribution in [3.05, 3.63) is 71.0 Å². The van der Waals surface area contributed by atoms with Gasteiger partial charge in [0.1, 0.15) is 5.82 Å². The highest BCUT2D eigenvalue weighted by Gasteiger charge is 2.02. The molecular weight excluding hydrogens is 259 g/mol. The number of hydrogen-bond donors (Lipinski definition) is 0. The van der Waals surface area contributed by atoms with E-state index in [1.165, 1.54) is 17.2 Å². The Bertz CT molecular complexity index is 527. The van der Waals surface area contributed by atoms with E-state index in [-0.39, 0.29) is 19.2 Å². The molecule has 116 valence electrons. The second-order valence-corrected chi connectivity index (χ2v) is 5.75. The third-order valence-corrected chi connectivity index (χ3v) is 3.24. The van der Waals surface area contributed by atoms with E-state index in [2.05, 4.69) is 45.0 Å². The van der Waals surface area contributed by atoms with Crippen LogP contribution in [0.1, 0.15) is 63.6 Å². The minimum absolute atomic E-state index is 0. The summed E-state index contributed by atoms with van der Waals surface area (Å²) in [5.41, 5.74) is 3.58. The lowest BCUT2D eigenvalue weighted by atomic mass is 10.0. The van der Waals surface area contributed by atoms with Crippen LogP contribution in [0.4, 0.5) is 4.39 Å². The zero-order chi connectivity index (χ0) is 15.1. The first-order valence-corrected chi connectivity index (χ1v) is 7.22. The lowest BCUT2D eigenvalue weighted by molar-refractivity contribution is 0.598. The van der Waals surface area contributed by atoms with E-state index in [1.54, 1.807) is 6.07 Å². The molecule has 2 aromatic rings. The molecule has 0 heterocycles.